The van der Waals surface area contributed by atoms with Gasteiger partial charge in [-0.1, -0.05) is 0 Å². The van der Waals surface area contributed by atoms with Gasteiger partial charge in [0, 0.05) is 50.6 Å². The molecule has 0 aromatic heterocycles. The topological polar surface area (TPSA) is 38.8 Å². The van der Waals surface area contributed by atoms with E-state index in [9.17, 15) is 4.79 Å². The SMILES string of the molecule is CN1CCN(C(=O)Nc2ccc(N3CCCC3)cc2)CC1. The van der Waals surface area contributed by atoms with Gasteiger partial charge in [-0.25, -0.2) is 4.79 Å². The summed E-state index contributed by atoms with van der Waals surface area (Å²) in [6.45, 7) is 5.78. The van der Waals surface area contributed by atoms with Gasteiger partial charge in [0.05, 0.1) is 0 Å². The van der Waals surface area contributed by atoms with Crippen LogP contribution >= 0.6 is 0 Å². The zero-order valence-electron chi connectivity index (χ0n) is 12.7. The van der Waals surface area contributed by atoms with E-state index < -0.39 is 0 Å². The number of carbonyl (C=O) groups excluding carboxylic acids is 1. The van der Waals surface area contributed by atoms with E-state index in [4.69, 9.17) is 0 Å². The highest BCUT2D eigenvalue weighted by Gasteiger charge is 2.19. The molecular weight excluding hydrogens is 264 g/mol. The Kier molecular flexibility index (Phi) is 4.29. The highest BCUT2D eigenvalue weighted by Crippen LogP contribution is 2.22. The van der Waals surface area contributed by atoms with Gasteiger partial charge in [0.25, 0.3) is 0 Å². The number of anilines is 2. The maximum atomic E-state index is 12.2. The average molecular weight is 288 g/mol. The molecule has 0 radical (unpaired) electrons. The van der Waals surface area contributed by atoms with Crippen molar-refractivity contribution in [2.24, 2.45) is 0 Å². The van der Waals surface area contributed by atoms with E-state index in [1.807, 2.05) is 17.0 Å². The van der Waals surface area contributed by atoms with E-state index in [1.165, 1.54) is 18.5 Å². The van der Waals surface area contributed by atoms with Crippen LogP contribution in [0.3, 0.4) is 0 Å². The molecule has 114 valence electrons. The highest BCUT2D eigenvalue weighted by atomic mass is 16.2. The van der Waals surface area contributed by atoms with E-state index in [0.717, 1.165) is 45.0 Å². The van der Waals surface area contributed by atoms with Gasteiger partial charge in [-0.05, 0) is 44.2 Å². The van der Waals surface area contributed by atoms with Gasteiger partial charge in [0.1, 0.15) is 0 Å². The van der Waals surface area contributed by atoms with Gasteiger partial charge in [-0.3, -0.25) is 0 Å². The van der Waals surface area contributed by atoms with Crippen molar-refractivity contribution in [1.29, 1.82) is 0 Å². The van der Waals surface area contributed by atoms with Gasteiger partial charge >= 0.3 is 6.03 Å². The Morgan fingerprint density at radius 3 is 2.19 bits per heavy atom. The van der Waals surface area contributed by atoms with E-state index in [0.29, 0.717) is 0 Å². The minimum atomic E-state index is 0.0111. The summed E-state index contributed by atoms with van der Waals surface area (Å²) in [5.41, 5.74) is 2.13. The zero-order chi connectivity index (χ0) is 14.7. The van der Waals surface area contributed by atoms with Crippen LogP contribution in [0.4, 0.5) is 16.2 Å². The van der Waals surface area contributed by atoms with Crippen molar-refractivity contribution in [3.05, 3.63) is 24.3 Å². The lowest BCUT2D eigenvalue weighted by atomic mass is 10.2. The van der Waals surface area contributed by atoms with E-state index in [1.54, 1.807) is 0 Å². The molecule has 2 heterocycles. The number of benzene rings is 1. The van der Waals surface area contributed by atoms with Crippen LogP contribution in [0, 0.1) is 0 Å². The number of piperazine rings is 1. The van der Waals surface area contributed by atoms with E-state index in [-0.39, 0.29) is 6.03 Å². The van der Waals surface area contributed by atoms with Crippen LogP contribution in [-0.4, -0.2) is 62.1 Å². The fourth-order valence-electron chi connectivity index (χ4n) is 2.94. The molecule has 5 heteroatoms. The minimum Gasteiger partial charge on any atom is -0.372 e. The summed E-state index contributed by atoms with van der Waals surface area (Å²) in [6, 6.07) is 8.22. The number of urea groups is 1. The number of hydrogen-bond acceptors (Lipinski definition) is 3. The molecule has 5 nitrogen and oxygen atoms in total. The first-order valence-electron chi connectivity index (χ1n) is 7.82. The molecular formula is C16H24N4O. The lowest BCUT2D eigenvalue weighted by Crippen LogP contribution is -2.48. The minimum absolute atomic E-state index is 0.0111. The standard InChI is InChI=1S/C16H24N4O/c1-18-10-12-20(13-11-18)16(21)17-14-4-6-15(7-5-14)19-8-2-3-9-19/h4-7H,2-3,8-13H2,1H3,(H,17,21). The summed E-state index contributed by atoms with van der Waals surface area (Å²) in [5, 5.41) is 2.99. The smallest absolute Gasteiger partial charge is 0.321 e. The summed E-state index contributed by atoms with van der Waals surface area (Å²) in [4.78, 5) is 18.7. The second-order valence-corrected chi connectivity index (χ2v) is 5.96. The molecule has 0 aliphatic carbocycles. The fraction of sp³-hybridized carbons (Fsp3) is 0.562. The molecule has 21 heavy (non-hydrogen) atoms. The van der Waals surface area contributed by atoms with E-state index in [2.05, 4.69) is 34.3 Å². The monoisotopic (exact) mass is 288 g/mol. The van der Waals surface area contributed by atoms with Crippen molar-refractivity contribution in [3.8, 4) is 0 Å². The summed E-state index contributed by atoms with van der Waals surface area (Å²) < 4.78 is 0. The summed E-state index contributed by atoms with van der Waals surface area (Å²) >= 11 is 0. The fourth-order valence-corrected chi connectivity index (χ4v) is 2.94. The Labute approximate surface area is 126 Å². The van der Waals surface area contributed by atoms with Gasteiger partial charge in [0.2, 0.25) is 0 Å². The first-order valence-corrected chi connectivity index (χ1v) is 7.82. The number of nitrogens with one attached hydrogen (secondary N) is 1. The molecule has 0 bridgehead atoms. The van der Waals surface area contributed by atoms with Crippen LogP contribution in [0.15, 0.2) is 24.3 Å². The van der Waals surface area contributed by atoms with Crippen molar-refractivity contribution >= 4 is 17.4 Å². The third-order valence-corrected chi connectivity index (χ3v) is 4.38. The third kappa shape index (κ3) is 3.47. The molecule has 1 N–H and O–H groups in total. The number of rotatable bonds is 2. The molecule has 0 unspecified atom stereocenters. The van der Waals surface area contributed by atoms with Crippen LogP contribution in [0.25, 0.3) is 0 Å². The predicted molar refractivity (Wildman–Crippen MR) is 86.0 cm³/mol. The van der Waals surface area contributed by atoms with Gasteiger partial charge < -0.3 is 20.0 Å². The van der Waals surface area contributed by atoms with E-state index >= 15 is 0 Å². The summed E-state index contributed by atoms with van der Waals surface area (Å²) in [6.07, 6.45) is 2.56. The Morgan fingerprint density at radius 1 is 0.952 bits per heavy atom. The van der Waals surface area contributed by atoms with Crippen LogP contribution in [0.2, 0.25) is 0 Å². The summed E-state index contributed by atoms with van der Waals surface area (Å²) in [7, 11) is 2.09. The first kappa shape index (κ1) is 14.2. The maximum Gasteiger partial charge on any atom is 0.321 e. The lowest BCUT2D eigenvalue weighted by Gasteiger charge is -2.32. The van der Waals surface area contributed by atoms with Crippen molar-refractivity contribution in [2.45, 2.75) is 12.8 Å². The zero-order valence-corrected chi connectivity index (χ0v) is 12.7. The van der Waals surface area contributed by atoms with Crippen molar-refractivity contribution in [1.82, 2.24) is 9.80 Å². The molecule has 2 aliphatic heterocycles. The predicted octanol–water partition coefficient (Wildman–Crippen LogP) is 2.07. The van der Waals surface area contributed by atoms with Gasteiger partial charge in [-0.15, -0.1) is 0 Å². The summed E-state index contributed by atoms with van der Waals surface area (Å²) in [5.74, 6) is 0. The quantitative estimate of drug-likeness (QED) is 0.905. The van der Waals surface area contributed by atoms with Gasteiger partial charge in [-0.2, -0.15) is 0 Å². The Balaban J connectivity index is 1.56. The lowest BCUT2D eigenvalue weighted by molar-refractivity contribution is 0.164. The van der Waals surface area contributed by atoms with Crippen LogP contribution in [0.5, 0.6) is 0 Å². The number of nitrogens with zero attached hydrogens (tertiary/aromatic N) is 3. The van der Waals surface area contributed by atoms with Crippen LogP contribution in [-0.2, 0) is 0 Å². The second kappa shape index (κ2) is 6.35. The Hall–Kier alpha value is -1.75. The molecule has 1 aromatic rings. The van der Waals surface area contributed by atoms with Crippen molar-refractivity contribution in [3.63, 3.8) is 0 Å². The number of likely N-dealkylation sites (N-methyl/N-ethyl adjacent to an activating group) is 1. The van der Waals surface area contributed by atoms with Crippen molar-refractivity contribution in [2.75, 3.05) is 56.5 Å². The molecule has 0 spiro atoms. The largest absolute Gasteiger partial charge is 0.372 e. The van der Waals surface area contributed by atoms with Crippen LogP contribution in [0.1, 0.15) is 12.8 Å². The molecule has 2 amide bonds. The van der Waals surface area contributed by atoms with Crippen molar-refractivity contribution < 1.29 is 4.79 Å². The van der Waals surface area contributed by atoms with Crippen LogP contribution < -0.4 is 10.2 Å². The third-order valence-electron chi connectivity index (χ3n) is 4.38. The maximum absolute atomic E-state index is 12.2. The second-order valence-electron chi connectivity index (χ2n) is 5.96. The number of amides is 2. The normalized spacial score (nSPS) is 19.9. The Morgan fingerprint density at radius 2 is 1.57 bits per heavy atom. The molecule has 0 atom stereocenters. The van der Waals surface area contributed by atoms with Gasteiger partial charge in [0.15, 0.2) is 0 Å². The molecule has 1 aromatic carbocycles. The number of hydrogen-bond donors (Lipinski definition) is 1. The molecule has 2 saturated heterocycles. The molecule has 0 saturated carbocycles. The molecule has 3 rings (SSSR count). The Bertz CT molecular complexity index is 474. The molecule has 2 fully saturated rings. The highest BCUT2D eigenvalue weighted by molar-refractivity contribution is 5.89. The first-order chi connectivity index (χ1) is 10.2. The number of carbonyl (C=O) groups is 1. The molecule has 2 aliphatic rings. The average Bonchev–Trinajstić information content (AvgIpc) is 3.03.